The van der Waals surface area contributed by atoms with Gasteiger partial charge in [0.1, 0.15) is 0 Å². The fourth-order valence-corrected chi connectivity index (χ4v) is 0.144. The summed E-state index contributed by atoms with van der Waals surface area (Å²) in [7, 11) is 0. The normalized spacial score (nSPS) is 18.9. The minimum Gasteiger partial charge on any atom is -0.329 e. The molecule has 0 fully saturated rings. The minimum atomic E-state index is 0.0556. The van der Waals surface area contributed by atoms with E-state index in [1.54, 1.807) is 0 Å². The summed E-state index contributed by atoms with van der Waals surface area (Å²) in [5.74, 6) is 0. The van der Waals surface area contributed by atoms with Gasteiger partial charge in [-0.3, -0.25) is 0 Å². The average molecular weight is 119 g/mol. The molecule has 2 N–H and O–H groups in total. The highest BCUT2D eigenvalue weighted by molar-refractivity contribution is 7.81. The first-order valence-electron chi connectivity index (χ1n) is 2.55. The molecule has 44 valence electrons. The Morgan fingerprint density at radius 3 is 2.14 bits per heavy atom. The van der Waals surface area contributed by atoms with E-state index in [0.29, 0.717) is 6.54 Å². The van der Waals surface area contributed by atoms with Gasteiger partial charge in [-0.1, -0.05) is 6.92 Å². The number of nitrogens with two attached hydrogens (primary N) is 1. The second kappa shape index (κ2) is 2.58. The molecule has 0 spiro atoms. The van der Waals surface area contributed by atoms with Gasteiger partial charge in [-0.15, -0.1) is 0 Å². The maximum absolute atomic E-state index is 5.34. The standard InChI is InChI=1S/C5H13NS/c1-3-5(2,7)4-6/h7H,3-4,6H2,1-2H3/t5-/m1/s1. The monoisotopic (exact) mass is 119 g/mol. The maximum Gasteiger partial charge on any atom is 0.0221 e. The maximum atomic E-state index is 5.34. The van der Waals surface area contributed by atoms with Gasteiger partial charge in [-0.2, -0.15) is 12.6 Å². The second-order valence-corrected chi connectivity index (χ2v) is 3.13. The van der Waals surface area contributed by atoms with Crippen molar-refractivity contribution in [3.8, 4) is 0 Å². The lowest BCUT2D eigenvalue weighted by molar-refractivity contribution is 0.637. The predicted octanol–water partition coefficient (Wildman–Crippen LogP) is 1.04. The van der Waals surface area contributed by atoms with Gasteiger partial charge in [-0.25, -0.2) is 0 Å². The molecule has 0 aromatic heterocycles. The number of thiol groups is 1. The van der Waals surface area contributed by atoms with Gasteiger partial charge >= 0.3 is 0 Å². The molecule has 0 saturated carbocycles. The van der Waals surface area contributed by atoms with E-state index in [1.165, 1.54) is 0 Å². The third kappa shape index (κ3) is 2.94. The molecule has 0 bridgehead atoms. The summed E-state index contributed by atoms with van der Waals surface area (Å²) in [5.41, 5.74) is 5.34. The first-order chi connectivity index (χ1) is 3.12. The van der Waals surface area contributed by atoms with E-state index in [2.05, 4.69) is 19.6 Å². The number of hydrogen-bond donors (Lipinski definition) is 2. The molecular formula is C5H13NS. The van der Waals surface area contributed by atoms with E-state index in [4.69, 9.17) is 5.73 Å². The van der Waals surface area contributed by atoms with Crippen LogP contribution in [-0.4, -0.2) is 11.3 Å². The molecule has 0 saturated heterocycles. The van der Waals surface area contributed by atoms with E-state index in [1.807, 2.05) is 6.92 Å². The molecule has 2 heteroatoms. The largest absolute Gasteiger partial charge is 0.329 e. The molecule has 0 aliphatic rings. The van der Waals surface area contributed by atoms with Crippen molar-refractivity contribution in [1.82, 2.24) is 0 Å². The molecule has 0 unspecified atom stereocenters. The van der Waals surface area contributed by atoms with E-state index < -0.39 is 0 Å². The van der Waals surface area contributed by atoms with Crippen molar-refractivity contribution in [2.24, 2.45) is 5.73 Å². The van der Waals surface area contributed by atoms with Crippen LogP contribution in [0.3, 0.4) is 0 Å². The number of rotatable bonds is 2. The van der Waals surface area contributed by atoms with E-state index in [0.717, 1.165) is 6.42 Å². The number of hydrogen-bond acceptors (Lipinski definition) is 2. The predicted molar refractivity (Wildman–Crippen MR) is 36.7 cm³/mol. The van der Waals surface area contributed by atoms with Gasteiger partial charge in [0.15, 0.2) is 0 Å². The third-order valence-corrected chi connectivity index (χ3v) is 1.70. The Morgan fingerprint density at radius 2 is 2.14 bits per heavy atom. The Morgan fingerprint density at radius 1 is 1.71 bits per heavy atom. The Labute approximate surface area is 50.7 Å². The lowest BCUT2D eigenvalue weighted by Crippen LogP contribution is -2.26. The van der Waals surface area contributed by atoms with Crippen LogP contribution in [0.15, 0.2) is 0 Å². The van der Waals surface area contributed by atoms with Gasteiger partial charge in [0.2, 0.25) is 0 Å². The van der Waals surface area contributed by atoms with Crippen LogP contribution in [0.2, 0.25) is 0 Å². The summed E-state index contributed by atoms with van der Waals surface area (Å²) in [6.45, 7) is 4.78. The highest BCUT2D eigenvalue weighted by Gasteiger charge is 2.11. The topological polar surface area (TPSA) is 26.0 Å². The molecule has 0 aliphatic heterocycles. The zero-order valence-electron chi connectivity index (χ0n) is 4.94. The lowest BCUT2D eigenvalue weighted by Gasteiger charge is -2.17. The summed E-state index contributed by atoms with van der Waals surface area (Å²) in [6.07, 6.45) is 1.03. The molecule has 7 heavy (non-hydrogen) atoms. The molecular weight excluding hydrogens is 106 g/mol. The van der Waals surface area contributed by atoms with E-state index in [-0.39, 0.29) is 4.75 Å². The van der Waals surface area contributed by atoms with Gasteiger partial charge in [0.25, 0.3) is 0 Å². The summed E-state index contributed by atoms with van der Waals surface area (Å²) in [6, 6.07) is 0. The average Bonchev–Trinajstić information content (AvgIpc) is 1.68. The summed E-state index contributed by atoms with van der Waals surface area (Å²) in [4.78, 5) is 0. The van der Waals surface area contributed by atoms with Crippen molar-refractivity contribution in [3.05, 3.63) is 0 Å². The van der Waals surface area contributed by atoms with Crippen LogP contribution < -0.4 is 5.73 Å². The van der Waals surface area contributed by atoms with Crippen LogP contribution in [0.25, 0.3) is 0 Å². The van der Waals surface area contributed by atoms with Crippen molar-refractivity contribution in [1.29, 1.82) is 0 Å². The zero-order valence-corrected chi connectivity index (χ0v) is 5.83. The summed E-state index contributed by atoms with van der Waals surface area (Å²) in [5, 5.41) is 0. The highest BCUT2D eigenvalue weighted by Crippen LogP contribution is 2.14. The Hall–Kier alpha value is 0.310. The lowest BCUT2D eigenvalue weighted by atomic mass is 10.1. The Balaban J connectivity index is 3.36. The molecule has 0 rings (SSSR count). The van der Waals surface area contributed by atoms with Gasteiger partial charge in [-0.05, 0) is 13.3 Å². The summed E-state index contributed by atoms with van der Waals surface area (Å²) < 4.78 is 0.0556. The fraction of sp³-hybridized carbons (Fsp3) is 1.00. The Bertz CT molecular complexity index is 46.0. The molecule has 0 amide bonds. The molecule has 0 heterocycles. The summed E-state index contributed by atoms with van der Waals surface area (Å²) >= 11 is 4.26. The molecule has 0 radical (unpaired) electrons. The van der Waals surface area contributed by atoms with Crippen molar-refractivity contribution in [2.45, 2.75) is 25.0 Å². The molecule has 0 aromatic carbocycles. The van der Waals surface area contributed by atoms with E-state index in [9.17, 15) is 0 Å². The van der Waals surface area contributed by atoms with Gasteiger partial charge < -0.3 is 5.73 Å². The first kappa shape index (κ1) is 7.31. The molecule has 0 aromatic rings. The SMILES string of the molecule is CC[C@@](C)(S)CN. The molecule has 1 nitrogen and oxygen atoms in total. The fourth-order valence-electron chi connectivity index (χ4n) is 0.144. The van der Waals surface area contributed by atoms with Crippen LogP contribution in [0.1, 0.15) is 20.3 Å². The third-order valence-electron chi connectivity index (χ3n) is 1.20. The van der Waals surface area contributed by atoms with Crippen LogP contribution >= 0.6 is 12.6 Å². The second-order valence-electron chi connectivity index (χ2n) is 2.05. The van der Waals surface area contributed by atoms with Crippen LogP contribution in [0, 0.1) is 0 Å². The van der Waals surface area contributed by atoms with E-state index >= 15 is 0 Å². The Kier molecular flexibility index (Phi) is 2.69. The van der Waals surface area contributed by atoms with Crippen LogP contribution in [0.4, 0.5) is 0 Å². The first-order valence-corrected chi connectivity index (χ1v) is 2.99. The van der Waals surface area contributed by atoms with Crippen molar-refractivity contribution >= 4 is 12.6 Å². The van der Waals surface area contributed by atoms with Crippen molar-refractivity contribution in [3.63, 3.8) is 0 Å². The van der Waals surface area contributed by atoms with Crippen LogP contribution in [-0.2, 0) is 0 Å². The van der Waals surface area contributed by atoms with Gasteiger partial charge in [0, 0.05) is 11.3 Å². The zero-order chi connectivity index (χ0) is 5.91. The van der Waals surface area contributed by atoms with Crippen molar-refractivity contribution < 1.29 is 0 Å². The highest BCUT2D eigenvalue weighted by atomic mass is 32.1. The minimum absolute atomic E-state index is 0.0556. The van der Waals surface area contributed by atoms with Gasteiger partial charge in [0.05, 0.1) is 0 Å². The quantitative estimate of drug-likeness (QED) is 0.522. The molecule has 0 aliphatic carbocycles. The van der Waals surface area contributed by atoms with Crippen LogP contribution in [0.5, 0.6) is 0 Å². The smallest absolute Gasteiger partial charge is 0.0221 e. The molecule has 1 atom stereocenters. The van der Waals surface area contributed by atoms with Crippen molar-refractivity contribution in [2.75, 3.05) is 6.54 Å².